The first-order valence-electron chi connectivity index (χ1n) is 4.56. The van der Waals surface area contributed by atoms with E-state index in [1.54, 1.807) is 0 Å². The number of nitrogens with zero attached hydrogens (tertiary/aromatic N) is 3. The van der Waals surface area contributed by atoms with E-state index in [4.69, 9.17) is 10.9 Å². The molecule has 0 fully saturated rings. The summed E-state index contributed by atoms with van der Waals surface area (Å²) in [6.45, 7) is -1.15. The molecule has 17 heavy (non-hydrogen) atoms. The lowest BCUT2D eigenvalue weighted by atomic mass is 10.2. The van der Waals surface area contributed by atoms with Crippen LogP contribution in [0.25, 0.3) is 0 Å². The summed E-state index contributed by atoms with van der Waals surface area (Å²) < 4.78 is 36.7. The van der Waals surface area contributed by atoms with E-state index in [1.807, 2.05) is 0 Å². The average molecular weight is 248 g/mol. The monoisotopic (exact) mass is 248 g/mol. The maximum atomic E-state index is 12.2. The fraction of sp³-hybridized carbons (Fsp3) is 0.333. The van der Waals surface area contributed by atoms with Crippen LogP contribution < -0.4 is 10.6 Å². The van der Waals surface area contributed by atoms with Crippen LogP contribution in [0.3, 0.4) is 0 Å². The van der Waals surface area contributed by atoms with Gasteiger partial charge in [0.15, 0.2) is 5.84 Å². The molecule has 0 atom stereocenters. The molecule has 0 unspecified atom stereocenters. The molecule has 0 aromatic carbocycles. The van der Waals surface area contributed by atoms with Gasteiger partial charge in [-0.05, 0) is 12.1 Å². The van der Waals surface area contributed by atoms with Crippen molar-refractivity contribution in [1.29, 1.82) is 0 Å². The zero-order valence-electron chi connectivity index (χ0n) is 8.94. The van der Waals surface area contributed by atoms with Crippen LogP contribution in [0, 0.1) is 0 Å². The average Bonchev–Trinajstić information content (AvgIpc) is 2.25. The summed E-state index contributed by atoms with van der Waals surface area (Å²) in [5.41, 5.74) is 5.47. The highest BCUT2D eigenvalue weighted by Crippen LogP contribution is 2.22. The Balaban J connectivity index is 3.05. The molecule has 0 aliphatic heterocycles. The molecule has 3 N–H and O–H groups in total. The van der Waals surface area contributed by atoms with Crippen molar-refractivity contribution < 1.29 is 18.4 Å². The summed E-state index contributed by atoms with van der Waals surface area (Å²) in [7, 11) is 1.25. The quantitative estimate of drug-likeness (QED) is 0.364. The Morgan fingerprint density at radius 2 is 2.24 bits per heavy atom. The number of halogens is 3. The van der Waals surface area contributed by atoms with Crippen molar-refractivity contribution in [3.8, 4) is 0 Å². The van der Waals surface area contributed by atoms with Crippen molar-refractivity contribution in [1.82, 2.24) is 4.98 Å². The number of rotatable bonds is 3. The van der Waals surface area contributed by atoms with Gasteiger partial charge in [-0.1, -0.05) is 5.16 Å². The molecule has 0 saturated heterocycles. The molecule has 1 aromatic heterocycles. The number of hydrogen-bond acceptors (Lipinski definition) is 4. The minimum Gasteiger partial charge on any atom is -0.409 e. The van der Waals surface area contributed by atoms with Gasteiger partial charge in [-0.15, -0.1) is 0 Å². The highest BCUT2D eigenvalue weighted by molar-refractivity contribution is 6.00. The highest BCUT2D eigenvalue weighted by Gasteiger charge is 2.30. The van der Waals surface area contributed by atoms with Crippen LogP contribution in [0.2, 0.25) is 0 Å². The molecule has 0 aliphatic carbocycles. The zero-order valence-corrected chi connectivity index (χ0v) is 8.94. The summed E-state index contributed by atoms with van der Waals surface area (Å²) in [6, 6.07) is 2.88. The minimum absolute atomic E-state index is 0.00162. The zero-order chi connectivity index (χ0) is 13.1. The van der Waals surface area contributed by atoms with E-state index >= 15 is 0 Å². The molecule has 0 spiro atoms. The van der Waals surface area contributed by atoms with Crippen molar-refractivity contribution >= 4 is 11.5 Å². The predicted molar refractivity (Wildman–Crippen MR) is 56.1 cm³/mol. The summed E-state index contributed by atoms with van der Waals surface area (Å²) in [5.74, 6) is -0.338. The molecule has 1 heterocycles. The third-order valence-electron chi connectivity index (χ3n) is 1.96. The number of hydrogen-bond donors (Lipinski definition) is 2. The largest absolute Gasteiger partial charge is 0.409 e. The molecule has 0 saturated carbocycles. The van der Waals surface area contributed by atoms with E-state index < -0.39 is 12.7 Å². The number of aromatic nitrogens is 1. The number of alkyl halides is 3. The third-order valence-corrected chi connectivity index (χ3v) is 1.96. The highest BCUT2D eigenvalue weighted by atomic mass is 19.4. The molecular formula is C9H11F3N4O. The maximum Gasteiger partial charge on any atom is 0.405 e. The summed E-state index contributed by atoms with van der Waals surface area (Å²) >= 11 is 0. The molecule has 0 amide bonds. The van der Waals surface area contributed by atoms with Crippen LogP contribution in [-0.4, -0.2) is 35.8 Å². The van der Waals surface area contributed by atoms with E-state index in [2.05, 4.69) is 10.1 Å². The second kappa shape index (κ2) is 4.89. The van der Waals surface area contributed by atoms with E-state index in [0.717, 1.165) is 4.90 Å². The van der Waals surface area contributed by atoms with E-state index in [9.17, 15) is 13.2 Å². The molecule has 0 bridgehead atoms. The molecule has 5 nitrogen and oxygen atoms in total. The van der Waals surface area contributed by atoms with Gasteiger partial charge >= 0.3 is 6.18 Å². The molecule has 1 rings (SSSR count). The maximum absolute atomic E-state index is 12.2. The first-order valence-corrected chi connectivity index (χ1v) is 4.56. The van der Waals surface area contributed by atoms with Gasteiger partial charge in [0.1, 0.15) is 12.2 Å². The first-order chi connectivity index (χ1) is 7.85. The second-order valence-electron chi connectivity index (χ2n) is 3.33. The van der Waals surface area contributed by atoms with E-state index in [0.29, 0.717) is 0 Å². The Labute approximate surface area is 95.4 Å². The fourth-order valence-electron chi connectivity index (χ4n) is 1.30. The molecule has 94 valence electrons. The second-order valence-corrected chi connectivity index (χ2v) is 3.33. The number of pyridine rings is 1. The number of anilines is 1. The Hall–Kier alpha value is -1.99. The van der Waals surface area contributed by atoms with Gasteiger partial charge in [-0.25, -0.2) is 0 Å². The molecule has 0 aliphatic rings. The molecule has 1 aromatic rings. The van der Waals surface area contributed by atoms with Gasteiger partial charge in [0.2, 0.25) is 0 Å². The summed E-state index contributed by atoms with van der Waals surface area (Å²) in [5, 5.41) is 11.2. The lowest BCUT2D eigenvalue weighted by molar-refractivity contribution is -0.119. The van der Waals surface area contributed by atoms with E-state index in [1.165, 1.54) is 25.4 Å². The lowest BCUT2D eigenvalue weighted by Crippen LogP contribution is -2.32. The van der Waals surface area contributed by atoms with Gasteiger partial charge in [0, 0.05) is 13.2 Å². The molecular weight excluding hydrogens is 237 g/mol. The van der Waals surface area contributed by atoms with Crippen LogP contribution in [0.5, 0.6) is 0 Å². The van der Waals surface area contributed by atoms with Gasteiger partial charge in [0.25, 0.3) is 0 Å². The third kappa shape index (κ3) is 3.51. The van der Waals surface area contributed by atoms with Crippen LogP contribution in [-0.2, 0) is 0 Å². The Morgan fingerprint density at radius 3 is 2.76 bits per heavy atom. The molecule has 8 heteroatoms. The first kappa shape index (κ1) is 13.1. The predicted octanol–water partition coefficient (Wildman–Crippen LogP) is 1.17. The standard InChI is InChI=1S/C9H11F3N4O/c1-16(5-9(10,11)12)6-3-2-4-14-7(6)8(13)15-17/h2-4,17H,5H2,1H3,(H2,13,15). The van der Waals surface area contributed by atoms with Crippen molar-refractivity contribution in [2.45, 2.75) is 6.18 Å². The Kier molecular flexibility index (Phi) is 3.77. The van der Waals surface area contributed by atoms with Crippen LogP contribution in [0.1, 0.15) is 5.69 Å². The van der Waals surface area contributed by atoms with Gasteiger partial charge < -0.3 is 15.8 Å². The van der Waals surface area contributed by atoms with Crippen LogP contribution >= 0.6 is 0 Å². The SMILES string of the molecule is CN(CC(F)(F)F)c1cccnc1/C(N)=N/O. The number of amidine groups is 1. The Morgan fingerprint density at radius 1 is 1.59 bits per heavy atom. The van der Waals surface area contributed by atoms with Crippen molar-refractivity contribution in [3.63, 3.8) is 0 Å². The van der Waals surface area contributed by atoms with Crippen LogP contribution in [0.15, 0.2) is 23.5 Å². The number of oxime groups is 1. The Bertz CT molecular complexity index is 419. The lowest BCUT2D eigenvalue weighted by Gasteiger charge is -2.22. The van der Waals surface area contributed by atoms with Gasteiger partial charge in [-0.3, -0.25) is 4.98 Å². The fourth-order valence-corrected chi connectivity index (χ4v) is 1.30. The smallest absolute Gasteiger partial charge is 0.405 e. The van der Waals surface area contributed by atoms with Gasteiger partial charge in [-0.2, -0.15) is 13.2 Å². The summed E-state index contributed by atoms with van der Waals surface area (Å²) in [6.07, 6.45) is -2.99. The topological polar surface area (TPSA) is 74.7 Å². The normalized spacial score (nSPS) is 12.6. The van der Waals surface area contributed by atoms with Crippen molar-refractivity contribution in [3.05, 3.63) is 24.0 Å². The van der Waals surface area contributed by atoms with Crippen molar-refractivity contribution in [2.75, 3.05) is 18.5 Å². The minimum atomic E-state index is -4.34. The van der Waals surface area contributed by atoms with Crippen LogP contribution in [0.4, 0.5) is 18.9 Å². The van der Waals surface area contributed by atoms with Crippen molar-refractivity contribution in [2.24, 2.45) is 10.9 Å². The van der Waals surface area contributed by atoms with E-state index in [-0.39, 0.29) is 17.2 Å². The number of nitrogens with two attached hydrogens (primary N) is 1. The molecule has 0 radical (unpaired) electrons. The van der Waals surface area contributed by atoms with Gasteiger partial charge in [0.05, 0.1) is 5.69 Å². The summed E-state index contributed by atoms with van der Waals surface area (Å²) in [4.78, 5) is 4.71.